The van der Waals surface area contributed by atoms with Gasteiger partial charge in [-0.1, -0.05) is 48.0 Å². The summed E-state index contributed by atoms with van der Waals surface area (Å²) in [4.78, 5) is 19.1. The third-order valence-electron chi connectivity index (χ3n) is 4.69. The molecule has 6 heteroatoms. The lowest BCUT2D eigenvalue weighted by atomic mass is 9.92. The lowest BCUT2D eigenvalue weighted by Gasteiger charge is -2.26. The van der Waals surface area contributed by atoms with Crippen LogP contribution in [0.25, 0.3) is 10.5 Å². The average Bonchev–Trinajstić information content (AvgIpc) is 3.19. The van der Waals surface area contributed by atoms with Crippen LogP contribution in [0.5, 0.6) is 0 Å². The van der Waals surface area contributed by atoms with Gasteiger partial charge in [-0.05, 0) is 23.8 Å². The molecule has 3 aromatic rings. The first-order valence-corrected chi connectivity index (χ1v) is 9.85. The van der Waals surface area contributed by atoms with E-state index in [1.807, 2.05) is 59.2 Å². The van der Waals surface area contributed by atoms with Gasteiger partial charge in [0.15, 0.2) is 4.96 Å². The Morgan fingerprint density at radius 2 is 2.11 bits per heavy atom. The molecule has 3 heterocycles. The number of hydrogen-bond acceptors (Lipinski definition) is 4. The number of rotatable bonds is 3. The summed E-state index contributed by atoms with van der Waals surface area (Å²) < 4.78 is 7.51. The average molecular weight is 395 g/mol. The minimum absolute atomic E-state index is 0.0702. The number of esters is 1. The molecule has 2 aromatic heterocycles. The second kappa shape index (κ2) is 6.51. The van der Waals surface area contributed by atoms with Crippen molar-refractivity contribution in [2.45, 2.75) is 12.5 Å². The molecule has 134 valence electrons. The summed E-state index contributed by atoms with van der Waals surface area (Å²) in [7, 11) is 0. The van der Waals surface area contributed by atoms with Crippen LogP contribution in [0, 0.1) is 5.92 Å². The van der Waals surface area contributed by atoms with Crippen LogP contribution < -0.4 is 0 Å². The first-order chi connectivity index (χ1) is 13.2. The molecule has 0 fully saturated rings. The van der Waals surface area contributed by atoms with Gasteiger partial charge in [-0.15, -0.1) is 11.3 Å². The number of imidazole rings is 1. The highest BCUT2D eigenvalue weighted by Crippen LogP contribution is 2.31. The number of thiazole rings is 1. The van der Waals surface area contributed by atoms with Crippen LogP contribution in [0.15, 0.2) is 67.0 Å². The number of nitrogens with zero attached hydrogens (tertiary/aromatic N) is 2. The number of hydrogen-bond donors (Lipinski definition) is 0. The minimum Gasteiger partial charge on any atom is -0.454 e. The summed E-state index contributed by atoms with van der Waals surface area (Å²) >= 11 is 7.68. The van der Waals surface area contributed by atoms with E-state index in [4.69, 9.17) is 16.3 Å². The van der Waals surface area contributed by atoms with E-state index in [2.05, 4.69) is 17.2 Å². The highest BCUT2D eigenvalue weighted by atomic mass is 35.5. The molecule has 2 aliphatic rings. The first-order valence-electron chi connectivity index (χ1n) is 8.66. The minimum atomic E-state index is -0.318. The van der Waals surface area contributed by atoms with E-state index in [1.165, 1.54) is 4.88 Å². The topological polar surface area (TPSA) is 43.6 Å². The monoisotopic (exact) mass is 394 g/mol. The van der Waals surface area contributed by atoms with Gasteiger partial charge < -0.3 is 4.74 Å². The van der Waals surface area contributed by atoms with E-state index in [0.717, 1.165) is 22.0 Å². The second-order valence-corrected chi connectivity index (χ2v) is 8.15. The van der Waals surface area contributed by atoms with E-state index in [0.29, 0.717) is 11.3 Å². The summed E-state index contributed by atoms with van der Waals surface area (Å²) in [6.45, 7) is 0. The van der Waals surface area contributed by atoms with Gasteiger partial charge in [0, 0.05) is 34.6 Å². The summed E-state index contributed by atoms with van der Waals surface area (Å²) in [6, 6.07) is 7.86. The number of allylic oxidation sites excluding steroid dienone is 2. The third kappa shape index (κ3) is 3.13. The van der Waals surface area contributed by atoms with E-state index in [1.54, 1.807) is 11.3 Å². The molecular weight excluding hydrogens is 380 g/mol. The normalized spacial score (nSPS) is 21.2. The van der Waals surface area contributed by atoms with Gasteiger partial charge in [-0.3, -0.25) is 4.40 Å². The molecule has 1 aliphatic heterocycles. The van der Waals surface area contributed by atoms with Crippen molar-refractivity contribution in [1.29, 1.82) is 0 Å². The van der Waals surface area contributed by atoms with Crippen molar-refractivity contribution < 1.29 is 9.53 Å². The maximum atomic E-state index is 12.4. The van der Waals surface area contributed by atoms with Crippen LogP contribution in [0.1, 0.15) is 16.1 Å². The Hall–Kier alpha value is -2.63. The van der Waals surface area contributed by atoms with E-state index < -0.39 is 0 Å². The number of aromatic nitrogens is 2. The molecule has 1 aliphatic carbocycles. The number of carbonyl (C=O) groups excluding carboxylic acids is 1. The molecule has 0 amide bonds. The van der Waals surface area contributed by atoms with Crippen molar-refractivity contribution in [2.24, 2.45) is 5.92 Å². The van der Waals surface area contributed by atoms with Crippen LogP contribution in [-0.4, -0.2) is 21.5 Å². The molecule has 27 heavy (non-hydrogen) atoms. The molecule has 0 bridgehead atoms. The van der Waals surface area contributed by atoms with Gasteiger partial charge in [0.05, 0.1) is 11.3 Å². The maximum Gasteiger partial charge on any atom is 0.340 e. The standard InChI is InChI=1S/C21H15ClN2O2S/c22-15-6-3-4-13(8-15)9-16-11-24-12-18(23-21(24)27-16)17-10-14-5-1-2-7-19(14)26-20(17)25/h1-8,10-12,14,19H,9H2/t14-,19-/m0/s1. The van der Waals surface area contributed by atoms with Crippen molar-refractivity contribution in [3.05, 3.63) is 88.2 Å². The molecule has 0 N–H and O–H groups in total. The molecule has 0 unspecified atom stereocenters. The lowest BCUT2D eigenvalue weighted by molar-refractivity contribution is -0.141. The Balaban J connectivity index is 1.43. The van der Waals surface area contributed by atoms with Crippen LogP contribution in [0.3, 0.4) is 0 Å². The fourth-order valence-corrected chi connectivity index (χ4v) is 4.62. The number of benzene rings is 1. The van der Waals surface area contributed by atoms with Crippen molar-refractivity contribution in [3.8, 4) is 0 Å². The van der Waals surface area contributed by atoms with Gasteiger partial charge in [-0.25, -0.2) is 9.78 Å². The number of ether oxygens (including phenoxy) is 1. The van der Waals surface area contributed by atoms with Crippen LogP contribution >= 0.6 is 22.9 Å². The first kappa shape index (κ1) is 16.5. The molecule has 0 saturated carbocycles. The Kier molecular flexibility index (Phi) is 3.99. The van der Waals surface area contributed by atoms with Crippen LogP contribution in [0.2, 0.25) is 5.02 Å². The number of carbonyl (C=O) groups is 1. The van der Waals surface area contributed by atoms with Gasteiger partial charge in [0.2, 0.25) is 0 Å². The second-order valence-electron chi connectivity index (χ2n) is 6.62. The Morgan fingerprint density at radius 3 is 2.96 bits per heavy atom. The summed E-state index contributed by atoms with van der Waals surface area (Å²) in [5.74, 6) is -0.248. The van der Waals surface area contributed by atoms with Crippen LogP contribution in [-0.2, 0) is 16.0 Å². The fourth-order valence-electron chi connectivity index (χ4n) is 3.41. The van der Waals surface area contributed by atoms with Gasteiger partial charge in [-0.2, -0.15) is 0 Å². The Morgan fingerprint density at radius 1 is 1.22 bits per heavy atom. The molecular formula is C21H15ClN2O2S. The fraction of sp³-hybridized carbons (Fsp3) is 0.143. The van der Waals surface area contributed by atoms with Crippen molar-refractivity contribution >= 4 is 39.4 Å². The van der Waals surface area contributed by atoms with Gasteiger partial charge in [0.25, 0.3) is 0 Å². The number of halogens is 1. The van der Waals surface area contributed by atoms with Crippen LogP contribution in [0.4, 0.5) is 0 Å². The predicted molar refractivity (Wildman–Crippen MR) is 107 cm³/mol. The zero-order chi connectivity index (χ0) is 18.4. The zero-order valence-electron chi connectivity index (χ0n) is 14.2. The van der Waals surface area contributed by atoms with Gasteiger partial charge in [0.1, 0.15) is 6.10 Å². The lowest BCUT2D eigenvalue weighted by Crippen LogP contribution is -2.29. The predicted octanol–water partition coefficient (Wildman–Crippen LogP) is 4.69. The largest absolute Gasteiger partial charge is 0.454 e. The maximum absolute atomic E-state index is 12.4. The zero-order valence-corrected chi connectivity index (χ0v) is 15.8. The number of fused-ring (bicyclic) bond motifs is 2. The highest BCUT2D eigenvalue weighted by Gasteiger charge is 2.31. The summed E-state index contributed by atoms with van der Waals surface area (Å²) in [5.41, 5.74) is 2.35. The van der Waals surface area contributed by atoms with E-state index in [9.17, 15) is 4.79 Å². The molecule has 0 spiro atoms. The molecule has 0 saturated heterocycles. The van der Waals surface area contributed by atoms with Crippen molar-refractivity contribution in [1.82, 2.24) is 9.38 Å². The molecule has 1 aromatic carbocycles. The third-order valence-corrected chi connectivity index (χ3v) is 5.93. The summed E-state index contributed by atoms with van der Waals surface area (Å²) in [5, 5.41) is 0.740. The summed E-state index contributed by atoms with van der Waals surface area (Å²) in [6.07, 6.45) is 14.3. The molecule has 0 radical (unpaired) electrons. The van der Waals surface area contributed by atoms with Crippen molar-refractivity contribution in [2.75, 3.05) is 0 Å². The molecule has 4 nitrogen and oxygen atoms in total. The molecule has 2 atom stereocenters. The Labute approximate surface area is 165 Å². The van der Waals surface area contributed by atoms with Crippen molar-refractivity contribution in [3.63, 3.8) is 0 Å². The SMILES string of the molecule is O=C1O[C@H]2C=CC=C[C@H]2C=C1c1cn2cc(Cc3cccc(Cl)c3)sc2n1. The smallest absolute Gasteiger partial charge is 0.340 e. The van der Waals surface area contributed by atoms with E-state index >= 15 is 0 Å². The van der Waals surface area contributed by atoms with Gasteiger partial charge >= 0.3 is 5.97 Å². The Bertz CT molecular complexity index is 1110. The molecule has 5 rings (SSSR count). The highest BCUT2D eigenvalue weighted by molar-refractivity contribution is 7.17. The van der Waals surface area contributed by atoms with E-state index in [-0.39, 0.29) is 18.0 Å². The quantitative estimate of drug-likeness (QED) is 0.605.